The van der Waals surface area contributed by atoms with E-state index in [0.29, 0.717) is 17.3 Å². The predicted octanol–water partition coefficient (Wildman–Crippen LogP) is 2.06. The lowest BCUT2D eigenvalue weighted by molar-refractivity contribution is 0.0697. The molecule has 4 nitrogen and oxygen atoms in total. The summed E-state index contributed by atoms with van der Waals surface area (Å²) in [6.07, 6.45) is 0. The van der Waals surface area contributed by atoms with Crippen molar-refractivity contribution in [3.8, 4) is 0 Å². The van der Waals surface area contributed by atoms with Crippen molar-refractivity contribution in [1.82, 2.24) is 0 Å². The number of carbonyl (C=O) groups is 1. The molecule has 0 bridgehead atoms. The molecule has 1 rings (SSSR count). The molecule has 1 aromatic rings. The first-order valence-corrected chi connectivity index (χ1v) is 5.25. The van der Waals surface area contributed by atoms with Crippen LogP contribution in [0.15, 0.2) is 18.2 Å². The number of anilines is 2. The molecule has 0 unspecified atom stereocenters. The number of rotatable bonds is 4. The van der Waals surface area contributed by atoms with Crippen molar-refractivity contribution in [1.29, 1.82) is 0 Å². The van der Waals surface area contributed by atoms with E-state index in [4.69, 9.17) is 10.8 Å². The Kier molecular flexibility index (Phi) is 3.77. The molecule has 0 aliphatic carbocycles. The largest absolute Gasteiger partial charge is 0.478 e. The standard InChI is InChI=1S/C12H18N2O2/c1-8(2)7-14(3)11-6-9(13)4-5-10(11)12(15)16/h4-6,8H,7,13H2,1-3H3,(H,15,16). The third-order valence-electron chi connectivity index (χ3n) is 2.30. The van der Waals surface area contributed by atoms with Gasteiger partial charge >= 0.3 is 5.97 Å². The van der Waals surface area contributed by atoms with Crippen molar-refractivity contribution in [3.05, 3.63) is 23.8 Å². The van der Waals surface area contributed by atoms with E-state index in [-0.39, 0.29) is 5.56 Å². The summed E-state index contributed by atoms with van der Waals surface area (Å²) in [6.45, 7) is 4.97. The van der Waals surface area contributed by atoms with E-state index >= 15 is 0 Å². The first kappa shape index (κ1) is 12.4. The maximum absolute atomic E-state index is 11.1. The number of aromatic carboxylic acids is 1. The molecule has 0 aliphatic rings. The van der Waals surface area contributed by atoms with E-state index in [1.165, 1.54) is 0 Å². The number of benzene rings is 1. The number of hydrogen-bond acceptors (Lipinski definition) is 3. The molecule has 0 spiro atoms. The quantitative estimate of drug-likeness (QED) is 0.765. The van der Waals surface area contributed by atoms with Crippen molar-refractivity contribution in [3.63, 3.8) is 0 Å². The predicted molar refractivity (Wildman–Crippen MR) is 65.9 cm³/mol. The van der Waals surface area contributed by atoms with Crippen LogP contribution in [0.2, 0.25) is 0 Å². The molecular formula is C12H18N2O2. The van der Waals surface area contributed by atoms with Gasteiger partial charge < -0.3 is 15.7 Å². The molecule has 0 atom stereocenters. The smallest absolute Gasteiger partial charge is 0.337 e. The zero-order chi connectivity index (χ0) is 12.3. The van der Waals surface area contributed by atoms with Gasteiger partial charge in [0.15, 0.2) is 0 Å². The molecule has 16 heavy (non-hydrogen) atoms. The Balaban J connectivity index is 3.09. The zero-order valence-corrected chi connectivity index (χ0v) is 9.90. The summed E-state index contributed by atoms with van der Waals surface area (Å²) in [5.74, 6) is -0.460. The minimum atomic E-state index is -0.925. The summed E-state index contributed by atoms with van der Waals surface area (Å²) in [5.41, 5.74) is 7.21. The molecule has 0 saturated heterocycles. The van der Waals surface area contributed by atoms with Gasteiger partial charge in [0.1, 0.15) is 0 Å². The van der Waals surface area contributed by atoms with Gasteiger partial charge in [-0.25, -0.2) is 4.79 Å². The van der Waals surface area contributed by atoms with Crippen molar-refractivity contribution in [2.75, 3.05) is 24.2 Å². The normalized spacial score (nSPS) is 10.5. The first-order chi connectivity index (χ1) is 7.41. The van der Waals surface area contributed by atoms with Crippen LogP contribution in [0.1, 0.15) is 24.2 Å². The summed E-state index contributed by atoms with van der Waals surface area (Å²) < 4.78 is 0. The Labute approximate surface area is 95.7 Å². The van der Waals surface area contributed by atoms with Gasteiger partial charge in [0.25, 0.3) is 0 Å². The van der Waals surface area contributed by atoms with Gasteiger partial charge in [0, 0.05) is 19.3 Å². The van der Waals surface area contributed by atoms with Crippen LogP contribution in [0.3, 0.4) is 0 Å². The molecule has 0 aliphatic heterocycles. The van der Waals surface area contributed by atoms with Crippen LogP contribution in [0.5, 0.6) is 0 Å². The minimum absolute atomic E-state index is 0.289. The molecule has 0 fully saturated rings. The fourth-order valence-electron chi connectivity index (χ4n) is 1.69. The van der Waals surface area contributed by atoms with E-state index in [1.807, 2.05) is 11.9 Å². The Morgan fingerprint density at radius 1 is 1.50 bits per heavy atom. The second kappa shape index (κ2) is 4.88. The molecule has 0 radical (unpaired) electrons. The number of carboxylic acids is 1. The number of nitrogens with two attached hydrogens (primary N) is 1. The van der Waals surface area contributed by atoms with Crippen molar-refractivity contribution < 1.29 is 9.90 Å². The van der Waals surface area contributed by atoms with Gasteiger partial charge in [-0.2, -0.15) is 0 Å². The highest BCUT2D eigenvalue weighted by atomic mass is 16.4. The van der Waals surface area contributed by atoms with Crippen LogP contribution in [0.25, 0.3) is 0 Å². The van der Waals surface area contributed by atoms with Crippen LogP contribution < -0.4 is 10.6 Å². The van der Waals surface area contributed by atoms with E-state index in [9.17, 15) is 4.79 Å². The monoisotopic (exact) mass is 222 g/mol. The second-order valence-electron chi connectivity index (χ2n) is 4.36. The number of carboxylic acid groups (broad SMARTS) is 1. The maximum atomic E-state index is 11.1. The molecular weight excluding hydrogens is 204 g/mol. The lowest BCUT2D eigenvalue weighted by Gasteiger charge is -2.23. The number of hydrogen-bond donors (Lipinski definition) is 2. The van der Waals surface area contributed by atoms with Crippen molar-refractivity contribution >= 4 is 17.3 Å². The summed E-state index contributed by atoms with van der Waals surface area (Å²) in [4.78, 5) is 13.0. The van der Waals surface area contributed by atoms with Crippen LogP contribution in [0, 0.1) is 5.92 Å². The Hall–Kier alpha value is -1.71. The maximum Gasteiger partial charge on any atom is 0.337 e. The van der Waals surface area contributed by atoms with Crippen LogP contribution >= 0.6 is 0 Å². The average Bonchev–Trinajstić information content (AvgIpc) is 2.15. The Morgan fingerprint density at radius 2 is 2.12 bits per heavy atom. The van der Waals surface area contributed by atoms with Gasteiger partial charge in [0.2, 0.25) is 0 Å². The third-order valence-corrected chi connectivity index (χ3v) is 2.30. The molecule has 4 heteroatoms. The molecule has 3 N–H and O–H groups in total. The number of nitrogen functional groups attached to an aromatic ring is 1. The van der Waals surface area contributed by atoms with E-state index in [0.717, 1.165) is 6.54 Å². The van der Waals surface area contributed by atoms with Gasteiger partial charge in [-0.05, 0) is 24.1 Å². The molecule has 0 saturated carbocycles. The van der Waals surface area contributed by atoms with Crippen LogP contribution in [-0.4, -0.2) is 24.7 Å². The Morgan fingerprint density at radius 3 is 2.62 bits per heavy atom. The molecule has 0 amide bonds. The van der Waals surface area contributed by atoms with Gasteiger partial charge in [-0.1, -0.05) is 13.8 Å². The van der Waals surface area contributed by atoms with E-state index in [1.54, 1.807) is 18.2 Å². The molecule has 88 valence electrons. The zero-order valence-electron chi connectivity index (χ0n) is 9.90. The lowest BCUT2D eigenvalue weighted by atomic mass is 10.1. The highest BCUT2D eigenvalue weighted by Crippen LogP contribution is 2.23. The highest BCUT2D eigenvalue weighted by molar-refractivity contribution is 5.95. The summed E-state index contributed by atoms with van der Waals surface area (Å²) >= 11 is 0. The summed E-state index contributed by atoms with van der Waals surface area (Å²) in [7, 11) is 1.88. The van der Waals surface area contributed by atoms with E-state index < -0.39 is 5.97 Å². The summed E-state index contributed by atoms with van der Waals surface area (Å²) in [5, 5.41) is 9.07. The molecule has 0 aromatic heterocycles. The van der Waals surface area contributed by atoms with Crippen LogP contribution in [-0.2, 0) is 0 Å². The van der Waals surface area contributed by atoms with Crippen molar-refractivity contribution in [2.24, 2.45) is 5.92 Å². The minimum Gasteiger partial charge on any atom is -0.478 e. The second-order valence-corrected chi connectivity index (χ2v) is 4.36. The average molecular weight is 222 g/mol. The van der Waals surface area contributed by atoms with E-state index in [2.05, 4.69) is 13.8 Å². The topological polar surface area (TPSA) is 66.6 Å². The first-order valence-electron chi connectivity index (χ1n) is 5.25. The fourth-order valence-corrected chi connectivity index (χ4v) is 1.69. The summed E-state index contributed by atoms with van der Waals surface area (Å²) in [6, 6.07) is 4.85. The molecule has 0 heterocycles. The van der Waals surface area contributed by atoms with Gasteiger partial charge in [-0.15, -0.1) is 0 Å². The third kappa shape index (κ3) is 2.89. The Bertz CT molecular complexity index is 389. The fraction of sp³-hybridized carbons (Fsp3) is 0.417. The van der Waals surface area contributed by atoms with Gasteiger partial charge in [-0.3, -0.25) is 0 Å². The van der Waals surface area contributed by atoms with Crippen LogP contribution in [0.4, 0.5) is 11.4 Å². The lowest BCUT2D eigenvalue weighted by Crippen LogP contribution is -2.24. The highest BCUT2D eigenvalue weighted by Gasteiger charge is 2.14. The number of nitrogens with zero attached hydrogens (tertiary/aromatic N) is 1. The van der Waals surface area contributed by atoms with Crippen molar-refractivity contribution in [2.45, 2.75) is 13.8 Å². The van der Waals surface area contributed by atoms with Gasteiger partial charge in [0.05, 0.1) is 11.3 Å². The SMILES string of the molecule is CC(C)CN(C)c1cc(N)ccc1C(=O)O. The molecule has 1 aromatic carbocycles.